The van der Waals surface area contributed by atoms with Gasteiger partial charge < -0.3 is 10.4 Å². The van der Waals surface area contributed by atoms with Gasteiger partial charge in [-0.15, -0.1) is 0 Å². The second kappa shape index (κ2) is 4.99. The van der Waals surface area contributed by atoms with Crippen molar-refractivity contribution < 1.29 is 5.11 Å². The fourth-order valence-electron chi connectivity index (χ4n) is 1.07. The van der Waals surface area contributed by atoms with Crippen molar-refractivity contribution in [2.75, 3.05) is 13.2 Å². The van der Waals surface area contributed by atoms with Crippen molar-refractivity contribution in [3.05, 3.63) is 17.5 Å². The molecule has 0 saturated heterocycles. The van der Waals surface area contributed by atoms with Crippen LogP contribution in [-0.2, 0) is 6.54 Å². The number of aromatic amines is 1. The largest absolute Gasteiger partial charge is 0.396 e. The minimum Gasteiger partial charge on any atom is -0.396 e. The molecule has 0 aromatic carbocycles. The van der Waals surface area contributed by atoms with E-state index in [1.807, 2.05) is 20.0 Å². The molecule has 0 spiro atoms. The van der Waals surface area contributed by atoms with E-state index in [2.05, 4.69) is 15.5 Å². The number of aryl methyl sites for hydroxylation is 1. The van der Waals surface area contributed by atoms with E-state index in [-0.39, 0.29) is 6.61 Å². The Balaban J connectivity index is 2.24. The third-order valence-corrected chi connectivity index (χ3v) is 2.05. The van der Waals surface area contributed by atoms with E-state index in [0.29, 0.717) is 5.92 Å². The first-order chi connectivity index (χ1) is 6.24. The van der Waals surface area contributed by atoms with Gasteiger partial charge in [0.25, 0.3) is 0 Å². The topological polar surface area (TPSA) is 60.9 Å². The summed E-state index contributed by atoms with van der Waals surface area (Å²) < 4.78 is 0. The number of aromatic nitrogens is 2. The third kappa shape index (κ3) is 3.16. The van der Waals surface area contributed by atoms with Crippen LogP contribution in [0.25, 0.3) is 0 Å². The maximum absolute atomic E-state index is 8.79. The average molecular weight is 183 g/mol. The van der Waals surface area contributed by atoms with Gasteiger partial charge in [0.15, 0.2) is 0 Å². The van der Waals surface area contributed by atoms with Crippen molar-refractivity contribution >= 4 is 0 Å². The van der Waals surface area contributed by atoms with Crippen LogP contribution in [0, 0.1) is 12.8 Å². The molecular weight excluding hydrogens is 166 g/mol. The Morgan fingerprint density at radius 3 is 3.00 bits per heavy atom. The fraction of sp³-hybridized carbons (Fsp3) is 0.667. The Morgan fingerprint density at radius 2 is 2.46 bits per heavy atom. The minimum absolute atomic E-state index is 0.234. The molecule has 0 fully saturated rings. The molecule has 0 bridgehead atoms. The van der Waals surface area contributed by atoms with Crippen LogP contribution in [0.2, 0.25) is 0 Å². The maximum Gasteiger partial charge on any atom is 0.0535 e. The standard InChI is InChI=1S/C9H17N3O/c1-7(6-13)3-10-4-9-5-11-12-8(9)2/h5,7,10,13H,3-4,6H2,1-2H3,(H,11,12). The predicted molar refractivity (Wildman–Crippen MR) is 51.3 cm³/mol. The first-order valence-corrected chi connectivity index (χ1v) is 4.54. The highest BCUT2D eigenvalue weighted by molar-refractivity contribution is 5.13. The lowest BCUT2D eigenvalue weighted by Gasteiger charge is -2.08. The van der Waals surface area contributed by atoms with E-state index in [0.717, 1.165) is 18.8 Å². The van der Waals surface area contributed by atoms with Gasteiger partial charge in [0, 0.05) is 31.0 Å². The molecule has 0 saturated carbocycles. The molecule has 4 heteroatoms. The van der Waals surface area contributed by atoms with Gasteiger partial charge in [-0.25, -0.2) is 0 Å². The van der Waals surface area contributed by atoms with Crippen molar-refractivity contribution in [2.24, 2.45) is 5.92 Å². The Bertz CT molecular complexity index is 247. The molecular formula is C9H17N3O. The highest BCUT2D eigenvalue weighted by Gasteiger charge is 2.01. The highest BCUT2D eigenvalue weighted by atomic mass is 16.3. The summed E-state index contributed by atoms with van der Waals surface area (Å²) in [6.45, 7) is 5.89. The Labute approximate surface area is 78.4 Å². The molecule has 1 aromatic rings. The Morgan fingerprint density at radius 1 is 1.69 bits per heavy atom. The molecule has 1 aromatic heterocycles. The number of aliphatic hydroxyl groups is 1. The summed E-state index contributed by atoms with van der Waals surface area (Å²) in [7, 11) is 0. The van der Waals surface area contributed by atoms with Gasteiger partial charge in [0.05, 0.1) is 6.20 Å². The average Bonchev–Trinajstić information content (AvgIpc) is 2.52. The lowest BCUT2D eigenvalue weighted by molar-refractivity contribution is 0.233. The van der Waals surface area contributed by atoms with E-state index in [9.17, 15) is 0 Å². The number of rotatable bonds is 5. The van der Waals surface area contributed by atoms with Crippen LogP contribution >= 0.6 is 0 Å². The summed E-state index contributed by atoms with van der Waals surface area (Å²) in [6, 6.07) is 0. The molecule has 4 nitrogen and oxygen atoms in total. The molecule has 0 aliphatic carbocycles. The fourth-order valence-corrected chi connectivity index (χ4v) is 1.07. The SMILES string of the molecule is Cc1[nH]ncc1CNCC(C)CO. The zero-order valence-corrected chi connectivity index (χ0v) is 8.17. The number of nitrogens with one attached hydrogen (secondary N) is 2. The second-order valence-corrected chi connectivity index (χ2v) is 3.44. The van der Waals surface area contributed by atoms with Gasteiger partial charge in [-0.05, 0) is 12.8 Å². The molecule has 74 valence electrons. The van der Waals surface area contributed by atoms with Crippen molar-refractivity contribution in [3.63, 3.8) is 0 Å². The van der Waals surface area contributed by atoms with E-state index < -0.39 is 0 Å². The quantitative estimate of drug-likeness (QED) is 0.620. The summed E-state index contributed by atoms with van der Waals surface area (Å²) in [6.07, 6.45) is 1.83. The van der Waals surface area contributed by atoms with Crippen molar-refractivity contribution in [2.45, 2.75) is 20.4 Å². The normalized spacial score (nSPS) is 13.2. The zero-order chi connectivity index (χ0) is 9.68. The van der Waals surface area contributed by atoms with Crippen LogP contribution < -0.4 is 5.32 Å². The van der Waals surface area contributed by atoms with Crippen LogP contribution in [0.15, 0.2) is 6.20 Å². The Hall–Kier alpha value is -0.870. The third-order valence-electron chi connectivity index (χ3n) is 2.05. The van der Waals surface area contributed by atoms with Crippen LogP contribution in [0.5, 0.6) is 0 Å². The lowest BCUT2D eigenvalue weighted by Crippen LogP contribution is -2.22. The molecule has 1 rings (SSSR count). The van der Waals surface area contributed by atoms with Gasteiger partial charge in [-0.3, -0.25) is 5.10 Å². The number of nitrogens with zero attached hydrogens (tertiary/aromatic N) is 1. The second-order valence-electron chi connectivity index (χ2n) is 3.44. The molecule has 1 unspecified atom stereocenters. The van der Waals surface area contributed by atoms with Gasteiger partial charge in [0.1, 0.15) is 0 Å². The summed E-state index contributed by atoms with van der Waals surface area (Å²) in [5.41, 5.74) is 2.29. The van der Waals surface area contributed by atoms with Gasteiger partial charge in [0.2, 0.25) is 0 Å². The van der Waals surface area contributed by atoms with E-state index in [1.165, 1.54) is 5.56 Å². The van der Waals surface area contributed by atoms with Crippen LogP contribution in [0.1, 0.15) is 18.2 Å². The number of hydrogen-bond donors (Lipinski definition) is 3. The smallest absolute Gasteiger partial charge is 0.0535 e. The zero-order valence-electron chi connectivity index (χ0n) is 8.17. The maximum atomic E-state index is 8.79. The van der Waals surface area contributed by atoms with E-state index in [4.69, 9.17) is 5.11 Å². The predicted octanol–water partition coefficient (Wildman–Crippen LogP) is 0.436. The van der Waals surface area contributed by atoms with Crippen molar-refractivity contribution in [3.8, 4) is 0 Å². The molecule has 13 heavy (non-hydrogen) atoms. The molecule has 0 aliphatic rings. The Kier molecular flexibility index (Phi) is 3.92. The lowest BCUT2D eigenvalue weighted by atomic mass is 10.2. The first kappa shape index (κ1) is 10.2. The monoisotopic (exact) mass is 183 g/mol. The summed E-state index contributed by atoms with van der Waals surface area (Å²) in [5.74, 6) is 0.312. The van der Waals surface area contributed by atoms with Crippen molar-refractivity contribution in [1.82, 2.24) is 15.5 Å². The van der Waals surface area contributed by atoms with Crippen LogP contribution in [-0.4, -0.2) is 28.5 Å². The number of H-pyrrole nitrogens is 1. The highest BCUT2D eigenvalue weighted by Crippen LogP contribution is 2.01. The molecule has 0 aliphatic heterocycles. The minimum atomic E-state index is 0.234. The van der Waals surface area contributed by atoms with Crippen molar-refractivity contribution in [1.29, 1.82) is 0 Å². The molecule has 1 atom stereocenters. The number of aliphatic hydroxyl groups excluding tert-OH is 1. The summed E-state index contributed by atoms with van der Waals surface area (Å²) in [5, 5.41) is 18.9. The first-order valence-electron chi connectivity index (χ1n) is 4.54. The van der Waals surface area contributed by atoms with E-state index >= 15 is 0 Å². The number of hydrogen-bond acceptors (Lipinski definition) is 3. The summed E-state index contributed by atoms with van der Waals surface area (Å²) >= 11 is 0. The summed E-state index contributed by atoms with van der Waals surface area (Å²) in [4.78, 5) is 0. The molecule has 3 N–H and O–H groups in total. The molecule has 0 amide bonds. The van der Waals surface area contributed by atoms with Gasteiger partial charge >= 0.3 is 0 Å². The van der Waals surface area contributed by atoms with Gasteiger partial charge in [-0.1, -0.05) is 6.92 Å². The van der Waals surface area contributed by atoms with Crippen LogP contribution in [0.3, 0.4) is 0 Å². The molecule has 1 heterocycles. The van der Waals surface area contributed by atoms with E-state index in [1.54, 1.807) is 0 Å². The molecule has 0 radical (unpaired) electrons. The van der Waals surface area contributed by atoms with Crippen LogP contribution in [0.4, 0.5) is 0 Å². The van der Waals surface area contributed by atoms with Gasteiger partial charge in [-0.2, -0.15) is 5.10 Å².